The number of anilines is 1. The van der Waals surface area contributed by atoms with E-state index in [1.807, 2.05) is 11.0 Å². The van der Waals surface area contributed by atoms with Gasteiger partial charge in [0.15, 0.2) is 0 Å². The minimum absolute atomic E-state index is 0.0492. The Morgan fingerprint density at radius 1 is 1.15 bits per heavy atom. The Bertz CT molecular complexity index is 789. The lowest BCUT2D eigenvalue weighted by Crippen LogP contribution is -2.41. The minimum Gasteiger partial charge on any atom is -0.378 e. The molecule has 2 aliphatic rings. The van der Waals surface area contributed by atoms with E-state index in [-0.39, 0.29) is 17.2 Å². The third-order valence-corrected chi connectivity index (χ3v) is 4.52. The summed E-state index contributed by atoms with van der Waals surface area (Å²) >= 11 is 0. The molecule has 3 rings (SSSR count). The van der Waals surface area contributed by atoms with Crippen molar-refractivity contribution >= 4 is 23.4 Å². The van der Waals surface area contributed by atoms with Crippen molar-refractivity contribution < 1.29 is 19.2 Å². The number of benzene rings is 1. The highest BCUT2D eigenvalue weighted by molar-refractivity contribution is 6.02. The SMILES string of the molecule is N#C/C(=C\c1cc([N+](=O)[O-])ccc1N1CCOCC1)C(=O)N1CCOCC1. The van der Waals surface area contributed by atoms with E-state index in [0.717, 1.165) is 5.69 Å². The first kappa shape index (κ1) is 18.8. The molecule has 142 valence electrons. The van der Waals surface area contributed by atoms with E-state index < -0.39 is 4.92 Å². The first-order valence-corrected chi connectivity index (χ1v) is 8.70. The van der Waals surface area contributed by atoms with Gasteiger partial charge in [0.05, 0.1) is 31.4 Å². The highest BCUT2D eigenvalue weighted by atomic mass is 16.6. The molecule has 0 atom stereocenters. The Labute approximate surface area is 156 Å². The quantitative estimate of drug-likeness (QED) is 0.338. The van der Waals surface area contributed by atoms with Crippen molar-refractivity contribution in [1.29, 1.82) is 5.26 Å². The molecular formula is C18H20N4O5. The van der Waals surface area contributed by atoms with Gasteiger partial charge in [-0.25, -0.2) is 0 Å². The van der Waals surface area contributed by atoms with E-state index in [1.165, 1.54) is 18.2 Å². The van der Waals surface area contributed by atoms with Gasteiger partial charge in [-0.1, -0.05) is 0 Å². The van der Waals surface area contributed by atoms with Gasteiger partial charge in [-0.05, 0) is 12.1 Å². The molecule has 1 amide bonds. The highest BCUT2D eigenvalue weighted by Gasteiger charge is 2.23. The Hall–Kier alpha value is -2.96. The van der Waals surface area contributed by atoms with Gasteiger partial charge < -0.3 is 19.3 Å². The van der Waals surface area contributed by atoms with Crippen LogP contribution in [0.15, 0.2) is 23.8 Å². The molecule has 0 N–H and O–H groups in total. The fourth-order valence-electron chi connectivity index (χ4n) is 3.10. The van der Waals surface area contributed by atoms with Crippen LogP contribution in [0, 0.1) is 21.4 Å². The van der Waals surface area contributed by atoms with Gasteiger partial charge in [0.25, 0.3) is 11.6 Å². The van der Waals surface area contributed by atoms with Crippen LogP contribution in [-0.4, -0.2) is 68.3 Å². The zero-order chi connectivity index (χ0) is 19.2. The lowest BCUT2D eigenvalue weighted by atomic mass is 10.1. The third kappa shape index (κ3) is 4.42. The van der Waals surface area contributed by atoms with Crippen LogP contribution < -0.4 is 4.90 Å². The van der Waals surface area contributed by atoms with E-state index in [9.17, 15) is 20.2 Å². The number of non-ortho nitro benzene ring substituents is 1. The second-order valence-electron chi connectivity index (χ2n) is 6.17. The number of carbonyl (C=O) groups is 1. The minimum atomic E-state index is -0.490. The van der Waals surface area contributed by atoms with Gasteiger partial charge in [0.1, 0.15) is 11.6 Å². The van der Waals surface area contributed by atoms with Crippen LogP contribution in [-0.2, 0) is 14.3 Å². The van der Waals surface area contributed by atoms with Crippen molar-refractivity contribution in [2.24, 2.45) is 0 Å². The number of rotatable bonds is 4. The summed E-state index contributed by atoms with van der Waals surface area (Å²) < 4.78 is 10.6. The average molecular weight is 372 g/mol. The molecule has 2 saturated heterocycles. The van der Waals surface area contributed by atoms with Crippen molar-refractivity contribution in [3.63, 3.8) is 0 Å². The van der Waals surface area contributed by atoms with Crippen molar-refractivity contribution in [3.05, 3.63) is 39.4 Å². The zero-order valence-corrected chi connectivity index (χ0v) is 14.8. The molecule has 9 nitrogen and oxygen atoms in total. The molecule has 9 heteroatoms. The summed E-state index contributed by atoms with van der Waals surface area (Å²) in [4.78, 5) is 26.9. The molecule has 27 heavy (non-hydrogen) atoms. The van der Waals surface area contributed by atoms with Crippen molar-refractivity contribution in [1.82, 2.24) is 4.90 Å². The van der Waals surface area contributed by atoms with Gasteiger partial charge in [-0.3, -0.25) is 14.9 Å². The predicted octanol–water partition coefficient (Wildman–Crippen LogP) is 1.20. The number of hydrogen-bond donors (Lipinski definition) is 0. The van der Waals surface area contributed by atoms with Crippen molar-refractivity contribution in [2.45, 2.75) is 0 Å². The molecule has 0 bridgehead atoms. The zero-order valence-electron chi connectivity index (χ0n) is 14.8. The molecule has 0 spiro atoms. The number of nitrogens with zero attached hydrogens (tertiary/aromatic N) is 4. The van der Waals surface area contributed by atoms with Crippen LogP contribution >= 0.6 is 0 Å². The lowest BCUT2D eigenvalue weighted by molar-refractivity contribution is -0.384. The molecule has 0 aromatic heterocycles. The Morgan fingerprint density at radius 2 is 1.78 bits per heavy atom. The normalized spacial score (nSPS) is 18.1. The summed E-state index contributed by atoms with van der Waals surface area (Å²) in [5.41, 5.74) is 1.08. The van der Waals surface area contributed by atoms with E-state index in [0.29, 0.717) is 58.2 Å². The second kappa shape index (κ2) is 8.62. The molecular weight excluding hydrogens is 352 g/mol. The fraction of sp³-hybridized carbons (Fsp3) is 0.444. The molecule has 0 radical (unpaired) electrons. The molecule has 0 aliphatic carbocycles. The summed E-state index contributed by atoms with van der Waals surface area (Å²) in [6.07, 6.45) is 1.44. The van der Waals surface area contributed by atoms with E-state index >= 15 is 0 Å². The topological polar surface area (TPSA) is 109 Å². The first-order chi connectivity index (χ1) is 13.1. The largest absolute Gasteiger partial charge is 0.378 e. The number of ether oxygens (including phenoxy) is 2. The predicted molar refractivity (Wildman–Crippen MR) is 97.1 cm³/mol. The summed E-state index contributed by atoms with van der Waals surface area (Å²) in [5.74, 6) is -0.389. The van der Waals surface area contributed by atoms with Crippen LogP contribution in [0.5, 0.6) is 0 Å². The van der Waals surface area contributed by atoms with Crippen LogP contribution in [0.1, 0.15) is 5.56 Å². The van der Waals surface area contributed by atoms with Gasteiger partial charge in [0, 0.05) is 49.6 Å². The highest BCUT2D eigenvalue weighted by Crippen LogP contribution is 2.28. The van der Waals surface area contributed by atoms with E-state index in [2.05, 4.69) is 0 Å². The van der Waals surface area contributed by atoms with Crippen LogP contribution in [0.3, 0.4) is 0 Å². The van der Waals surface area contributed by atoms with E-state index in [1.54, 1.807) is 11.0 Å². The maximum atomic E-state index is 12.7. The van der Waals surface area contributed by atoms with Crippen LogP contribution in [0.4, 0.5) is 11.4 Å². The summed E-state index contributed by atoms with van der Waals surface area (Å²) in [7, 11) is 0. The van der Waals surface area contributed by atoms with Crippen molar-refractivity contribution in [3.8, 4) is 6.07 Å². The summed E-state index contributed by atoms with van der Waals surface area (Å²) in [6, 6.07) is 6.42. The molecule has 0 unspecified atom stereocenters. The van der Waals surface area contributed by atoms with Gasteiger partial charge in [-0.15, -0.1) is 0 Å². The second-order valence-corrected chi connectivity index (χ2v) is 6.17. The number of nitriles is 1. The lowest BCUT2D eigenvalue weighted by Gasteiger charge is -2.30. The molecule has 2 fully saturated rings. The fourth-order valence-corrected chi connectivity index (χ4v) is 3.10. The standard InChI is InChI=1S/C18H20N4O5/c19-13-15(18(23)21-5-9-27-10-6-21)11-14-12-16(22(24)25)1-2-17(14)20-3-7-26-8-4-20/h1-2,11-12H,3-10H2/b15-11+. The maximum absolute atomic E-state index is 12.7. The first-order valence-electron chi connectivity index (χ1n) is 8.70. The number of nitro groups is 1. The Balaban J connectivity index is 1.97. The number of carbonyl (C=O) groups excluding carboxylic acids is 1. The van der Waals surface area contributed by atoms with E-state index in [4.69, 9.17) is 9.47 Å². The Morgan fingerprint density at radius 3 is 2.37 bits per heavy atom. The molecule has 1 aromatic rings. The Kier molecular flexibility index (Phi) is 6.01. The molecule has 2 heterocycles. The number of nitro benzene ring substituents is 1. The van der Waals surface area contributed by atoms with Gasteiger partial charge in [0.2, 0.25) is 0 Å². The summed E-state index contributed by atoms with van der Waals surface area (Å²) in [5, 5.41) is 20.7. The number of morpholine rings is 2. The number of hydrogen-bond acceptors (Lipinski definition) is 7. The molecule has 2 aliphatic heterocycles. The van der Waals surface area contributed by atoms with Gasteiger partial charge >= 0.3 is 0 Å². The third-order valence-electron chi connectivity index (χ3n) is 4.52. The molecule has 0 saturated carbocycles. The van der Waals surface area contributed by atoms with Gasteiger partial charge in [-0.2, -0.15) is 5.26 Å². The average Bonchev–Trinajstić information content (AvgIpc) is 2.72. The monoisotopic (exact) mass is 372 g/mol. The van der Waals surface area contributed by atoms with Crippen LogP contribution in [0.2, 0.25) is 0 Å². The smallest absolute Gasteiger partial charge is 0.270 e. The summed E-state index contributed by atoms with van der Waals surface area (Å²) in [6.45, 7) is 4.08. The molecule has 1 aromatic carbocycles. The maximum Gasteiger partial charge on any atom is 0.270 e. The number of amides is 1. The van der Waals surface area contributed by atoms with Crippen molar-refractivity contribution in [2.75, 3.05) is 57.5 Å². The van der Waals surface area contributed by atoms with Crippen LogP contribution in [0.25, 0.3) is 6.08 Å².